The Morgan fingerprint density at radius 2 is 1.91 bits per heavy atom. The number of oxime groups is 1. The second-order valence-electron chi connectivity index (χ2n) is 2.62. The molecule has 2 nitrogen and oxygen atoms in total. The van der Waals surface area contributed by atoms with Crippen LogP contribution in [0.3, 0.4) is 0 Å². The average molecular weight is 157 g/mol. The van der Waals surface area contributed by atoms with E-state index in [1.54, 1.807) is 0 Å². The second-order valence-corrected chi connectivity index (χ2v) is 2.62. The van der Waals surface area contributed by atoms with Gasteiger partial charge in [-0.2, -0.15) is 0 Å². The minimum Gasteiger partial charge on any atom is -0.396 e. The first kappa shape index (κ1) is 10.5. The molecule has 11 heavy (non-hydrogen) atoms. The van der Waals surface area contributed by atoms with E-state index in [4.69, 9.17) is 4.84 Å². The summed E-state index contributed by atoms with van der Waals surface area (Å²) in [5.74, 6) is 0. The van der Waals surface area contributed by atoms with Crippen molar-refractivity contribution in [3.05, 3.63) is 0 Å². The van der Waals surface area contributed by atoms with Gasteiger partial charge in [0.15, 0.2) is 0 Å². The molecule has 0 fully saturated rings. The van der Waals surface area contributed by atoms with Crippen LogP contribution in [0, 0.1) is 0 Å². The molecule has 66 valence electrons. The molecule has 0 unspecified atom stereocenters. The molecule has 0 saturated heterocycles. The predicted octanol–water partition coefficient (Wildman–Crippen LogP) is 2.98. The molecule has 0 aromatic heterocycles. The molecule has 2 heteroatoms. The first-order valence-corrected chi connectivity index (χ1v) is 4.55. The normalized spacial score (nSPS) is 10.7. The van der Waals surface area contributed by atoms with Crippen molar-refractivity contribution in [1.82, 2.24) is 0 Å². The van der Waals surface area contributed by atoms with Crippen LogP contribution in [-0.4, -0.2) is 12.8 Å². The van der Waals surface area contributed by atoms with Crippen LogP contribution in [0.1, 0.15) is 46.0 Å². The molecular formula is C9H19NO. The molecule has 0 rings (SSSR count). The molecule has 0 aliphatic heterocycles. The van der Waals surface area contributed by atoms with Crippen LogP contribution in [0.4, 0.5) is 0 Å². The van der Waals surface area contributed by atoms with E-state index in [1.165, 1.54) is 19.3 Å². The fourth-order valence-electron chi connectivity index (χ4n) is 0.662. The van der Waals surface area contributed by atoms with Gasteiger partial charge in [-0.15, -0.1) is 0 Å². The summed E-state index contributed by atoms with van der Waals surface area (Å²) < 4.78 is 0. The molecule has 0 aliphatic rings. The molecule has 0 amide bonds. The van der Waals surface area contributed by atoms with Gasteiger partial charge in [-0.3, -0.25) is 0 Å². The maximum absolute atomic E-state index is 4.99. The van der Waals surface area contributed by atoms with E-state index in [1.807, 2.05) is 6.21 Å². The van der Waals surface area contributed by atoms with E-state index < -0.39 is 0 Å². The van der Waals surface area contributed by atoms with Gasteiger partial charge in [-0.1, -0.05) is 31.8 Å². The summed E-state index contributed by atoms with van der Waals surface area (Å²) in [5, 5.41) is 3.82. The zero-order valence-electron chi connectivity index (χ0n) is 7.68. The third-order valence-electron chi connectivity index (χ3n) is 1.43. The molecule has 0 atom stereocenters. The zero-order chi connectivity index (χ0) is 8.36. The first-order valence-electron chi connectivity index (χ1n) is 4.55. The first-order chi connectivity index (χ1) is 5.41. The maximum Gasteiger partial charge on any atom is 0.117 e. The number of hydrogen-bond donors (Lipinski definition) is 0. The van der Waals surface area contributed by atoms with Crippen LogP contribution >= 0.6 is 0 Å². The van der Waals surface area contributed by atoms with Crippen LogP contribution < -0.4 is 0 Å². The van der Waals surface area contributed by atoms with Gasteiger partial charge < -0.3 is 4.84 Å². The Morgan fingerprint density at radius 3 is 2.55 bits per heavy atom. The highest BCUT2D eigenvalue weighted by Gasteiger charge is 1.81. The van der Waals surface area contributed by atoms with E-state index in [0.717, 1.165) is 19.4 Å². The van der Waals surface area contributed by atoms with E-state index in [-0.39, 0.29) is 0 Å². The molecule has 0 aromatic rings. The van der Waals surface area contributed by atoms with Crippen LogP contribution in [0.2, 0.25) is 0 Å². The van der Waals surface area contributed by atoms with Crippen molar-refractivity contribution in [1.29, 1.82) is 0 Å². The molecular weight excluding hydrogens is 138 g/mol. The van der Waals surface area contributed by atoms with Gasteiger partial charge in [0, 0.05) is 6.21 Å². The van der Waals surface area contributed by atoms with Gasteiger partial charge in [0.25, 0.3) is 0 Å². The van der Waals surface area contributed by atoms with E-state index in [2.05, 4.69) is 19.0 Å². The molecule has 0 spiro atoms. The second kappa shape index (κ2) is 9.47. The molecule has 0 heterocycles. The molecule has 0 bridgehead atoms. The monoisotopic (exact) mass is 157 g/mol. The highest BCUT2D eigenvalue weighted by Crippen LogP contribution is 1.91. The summed E-state index contributed by atoms with van der Waals surface area (Å²) in [7, 11) is 0. The lowest BCUT2D eigenvalue weighted by Crippen LogP contribution is -1.86. The lowest BCUT2D eigenvalue weighted by Gasteiger charge is -1.94. The fraction of sp³-hybridized carbons (Fsp3) is 0.889. The Hall–Kier alpha value is -0.530. The minimum absolute atomic E-state index is 0.763. The van der Waals surface area contributed by atoms with Crippen molar-refractivity contribution in [3.63, 3.8) is 0 Å². The van der Waals surface area contributed by atoms with Crippen LogP contribution in [-0.2, 0) is 4.84 Å². The highest BCUT2D eigenvalue weighted by molar-refractivity contribution is 5.55. The Labute approximate surface area is 69.6 Å². The van der Waals surface area contributed by atoms with Crippen molar-refractivity contribution >= 4 is 6.21 Å². The number of nitrogens with zero attached hydrogens (tertiary/aromatic N) is 1. The lowest BCUT2D eigenvalue weighted by molar-refractivity contribution is 0.142. The molecule has 0 aliphatic carbocycles. The molecule has 0 radical (unpaired) electrons. The summed E-state index contributed by atoms with van der Waals surface area (Å²) in [5.41, 5.74) is 0. The van der Waals surface area contributed by atoms with Crippen LogP contribution in [0.25, 0.3) is 0 Å². The summed E-state index contributed by atoms with van der Waals surface area (Å²) in [6, 6.07) is 0. The van der Waals surface area contributed by atoms with Gasteiger partial charge in [0.2, 0.25) is 0 Å². The largest absolute Gasteiger partial charge is 0.396 e. The van der Waals surface area contributed by atoms with Crippen LogP contribution in [0.15, 0.2) is 5.16 Å². The fourth-order valence-corrected chi connectivity index (χ4v) is 0.662. The van der Waals surface area contributed by atoms with Crippen molar-refractivity contribution in [2.75, 3.05) is 6.61 Å². The third-order valence-corrected chi connectivity index (χ3v) is 1.43. The van der Waals surface area contributed by atoms with Gasteiger partial charge in [-0.25, -0.2) is 0 Å². The third kappa shape index (κ3) is 9.47. The molecule has 0 N–H and O–H groups in total. The van der Waals surface area contributed by atoms with Crippen molar-refractivity contribution in [2.24, 2.45) is 5.16 Å². The number of unbranched alkanes of at least 4 members (excludes halogenated alkanes) is 3. The lowest BCUT2D eigenvalue weighted by atomic mass is 10.3. The van der Waals surface area contributed by atoms with Gasteiger partial charge in [0.05, 0.1) is 0 Å². The van der Waals surface area contributed by atoms with Gasteiger partial charge >= 0.3 is 0 Å². The van der Waals surface area contributed by atoms with Gasteiger partial charge in [0.1, 0.15) is 6.61 Å². The van der Waals surface area contributed by atoms with Crippen molar-refractivity contribution < 1.29 is 4.84 Å². The minimum atomic E-state index is 0.763. The smallest absolute Gasteiger partial charge is 0.117 e. The highest BCUT2D eigenvalue weighted by atomic mass is 16.6. The Balaban J connectivity index is 2.91. The molecule has 0 saturated carbocycles. The predicted molar refractivity (Wildman–Crippen MR) is 48.9 cm³/mol. The quantitative estimate of drug-likeness (QED) is 0.316. The summed E-state index contributed by atoms with van der Waals surface area (Å²) in [6.45, 7) is 5.08. The average Bonchev–Trinajstić information content (AvgIpc) is 2.03. The number of rotatable bonds is 7. The Kier molecular flexibility index (Phi) is 9.01. The number of hydrogen-bond acceptors (Lipinski definition) is 2. The Bertz CT molecular complexity index is 91.6. The molecule has 0 aromatic carbocycles. The zero-order valence-corrected chi connectivity index (χ0v) is 7.68. The maximum atomic E-state index is 4.99. The van der Waals surface area contributed by atoms with E-state index in [9.17, 15) is 0 Å². The Morgan fingerprint density at radius 1 is 1.18 bits per heavy atom. The SMILES string of the molecule is CCCC/C=N/OCCCC. The van der Waals surface area contributed by atoms with Crippen LogP contribution in [0.5, 0.6) is 0 Å². The van der Waals surface area contributed by atoms with E-state index in [0.29, 0.717) is 0 Å². The van der Waals surface area contributed by atoms with Crippen molar-refractivity contribution in [3.8, 4) is 0 Å². The van der Waals surface area contributed by atoms with Gasteiger partial charge in [-0.05, 0) is 19.3 Å². The summed E-state index contributed by atoms with van der Waals surface area (Å²) >= 11 is 0. The summed E-state index contributed by atoms with van der Waals surface area (Å²) in [4.78, 5) is 4.99. The standard InChI is InChI=1S/C9H19NO/c1-3-5-7-8-10-11-9-6-4-2/h8H,3-7,9H2,1-2H3/b10-8+. The van der Waals surface area contributed by atoms with E-state index >= 15 is 0 Å². The summed E-state index contributed by atoms with van der Waals surface area (Å²) in [6.07, 6.45) is 7.61. The van der Waals surface area contributed by atoms with Crippen molar-refractivity contribution in [2.45, 2.75) is 46.0 Å². The topological polar surface area (TPSA) is 21.6 Å².